The Bertz CT molecular complexity index is 384. The van der Waals surface area contributed by atoms with Gasteiger partial charge in [0, 0.05) is 14.1 Å². The molecule has 0 saturated carbocycles. The second-order valence-corrected chi connectivity index (χ2v) is 5.76. The van der Waals surface area contributed by atoms with E-state index in [1.165, 1.54) is 23.9 Å². The quantitative estimate of drug-likeness (QED) is 0.632. The molecular formula is C14H28N4O3. The number of rotatable bonds is 8. The highest BCUT2D eigenvalue weighted by atomic mass is 16.2. The number of carbonyl (C=O) groups is 3. The van der Waals surface area contributed by atoms with Crippen molar-refractivity contribution in [1.82, 2.24) is 9.80 Å². The van der Waals surface area contributed by atoms with Crippen LogP contribution < -0.4 is 11.5 Å². The van der Waals surface area contributed by atoms with Crippen LogP contribution in [-0.4, -0.2) is 60.2 Å². The van der Waals surface area contributed by atoms with E-state index in [4.69, 9.17) is 11.5 Å². The Kier molecular flexibility index (Phi) is 7.94. The lowest BCUT2D eigenvalue weighted by Crippen LogP contribution is -2.51. The van der Waals surface area contributed by atoms with Crippen molar-refractivity contribution < 1.29 is 14.4 Å². The third-order valence-electron chi connectivity index (χ3n) is 3.39. The Morgan fingerprint density at radius 1 is 1.14 bits per heavy atom. The molecule has 0 heterocycles. The molecule has 2 atom stereocenters. The van der Waals surface area contributed by atoms with Gasteiger partial charge in [-0.05, 0) is 18.8 Å². The maximum atomic E-state index is 12.2. The van der Waals surface area contributed by atoms with E-state index in [2.05, 4.69) is 0 Å². The molecule has 3 amide bonds. The lowest BCUT2D eigenvalue weighted by molar-refractivity contribution is -0.143. The molecule has 0 saturated heterocycles. The number of nitrogens with zero attached hydrogens (tertiary/aromatic N) is 2. The van der Waals surface area contributed by atoms with Gasteiger partial charge in [-0.25, -0.2) is 0 Å². The van der Waals surface area contributed by atoms with Crippen molar-refractivity contribution in [3.8, 4) is 0 Å². The van der Waals surface area contributed by atoms with Gasteiger partial charge in [-0.15, -0.1) is 0 Å². The average Bonchev–Trinajstić information content (AvgIpc) is 2.41. The fourth-order valence-corrected chi connectivity index (χ4v) is 1.94. The van der Waals surface area contributed by atoms with Crippen LogP contribution in [0.25, 0.3) is 0 Å². The summed E-state index contributed by atoms with van der Waals surface area (Å²) in [6, 6.07) is -1.28. The lowest BCUT2D eigenvalue weighted by Gasteiger charge is -2.29. The normalized spacial score (nSPS) is 13.7. The zero-order chi connectivity index (χ0) is 16.7. The predicted octanol–water partition coefficient (Wildman–Crippen LogP) is -0.459. The number of amides is 3. The average molecular weight is 300 g/mol. The molecule has 122 valence electrons. The van der Waals surface area contributed by atoms with Crippen molar-refractivity contribution in [2.75, 3.05) is 20.6 Å². The number of primary amides is 1. The Hall–Kier alpha value is -1.63. The van der Waals surface area contributed by atoms with Crippen molar-refractivity contribution in [2.45, 2.75) is 45.7 Å². The lowest BCUT2D eigenvalue weighted by atomic mass is 10.0. The molecule has 0 aromatic rings. The minimum atomic E-state index is -0.666. The molecule has 0 bridgehead atoms. The molecule has 21 heavy (non-hydrogen) atoms. The summed E-state index contributed by atoms with van der Waals surface area (Å²) in [6.07, 6.45) is 0.994. The summed E-state index contributed by atoms with van der Waals surface area (Å²) in [6.45, 7) is 5.58. The highest BCUT2D eigenvalue weighted by Gasteiger charge is 2.27. The zero-order valence-corrected chi connectivity index (χ0v) is 13.6. The van der Waals surface area contributed by atoms with Crippen molar-refractivity contribution in [3.05, 3.63) is 0 Å². The summed E-state index contributed by atoms with van der Waals surface area (Å²) in [7, 11) is 3.05. The SMILES string of the molecule is CC[C@@H](N)C(=O)N(C)CC(=O)N(C)[C@H](CC(C)C)C(N)=O. The van der Waals surface area contributed by atoms with E-state index in [0.717, 1.165) is 0 Å². The van der Waals surface area contributed by atoms with Crippen LogP contribution in [0.1, 0.15) is 33.6 Å². The van der Waals surface area contributed by atoms with Crippen molar-refractivity contribution >= 4 is 17.7 Å². The molecule has 0 aliphatic rings. The summed E-state index contributed by atoms with van der Waals surface area (Å²) < 4.78 is 0. The Labute approximate surface area is 126 Å². The summed E-state index contributed by atoms with van der Waals surface area (Å²) in [4.78, 5) is 38.1. The molecule has 0 aromatic heterocycles. The number of nitrogens with two attached hydrogens (primary N) is 2. The first-order valence-corrected chi connectivity index (χ1v) is 7.17. The smallest absolute Gasteiger partial charge is 0.242 e. The third kappa shape index (κ3) is 6.12. The van der Waals surface area contributed by atoms with E-state index in [0.29, 0.717) is 12.8 Å². The third-order valence-corrected chi connectivity index (χ3v) is 3.39. The highest BCUT2D eigenvalue weighted by Crippen LogP contribution is 2.10. The topological polar surface area (TPSA) is 110 Å². The summed E-state index contributed by atoms with van der Waals surface area (Å²) in [5, 5.41) is 0. The molecule has 0 spiro atoms. The number of hydrogen-bond acceptors (Lipinski definition) is 4. The monoisotopic (exact) mass is 300 g/mol. The molecular weight excluding hydrogens is 272 g/mol. The molecule has 0 aliphatic carbocycles. The maximum absolute atomic E-state index is 12.2. The van der Waals surface area contributed by atoms with Crippen LogP contribution in [0, 0.1) is 5.92 Å². The van der Waals surface area contributed by atoms with E-state index in [9.17, 15) is 14.4 Å². The second-order valence-electron chi connectivity index (χ2n) is 5.76. The van der Waals surface area contributed by atoms with E-state index < -0.39 is 18.0 Å². The van der Waals surface area contributed by atoms with Crippen LogP contribution in [0.5, 0.6) is 0 Å². The van der Waals surface area contributed by atoms with Crippen LogP contribution in [-0.2, 0) is 14.4 Å². The first-order valence-electron chi connectivity index (χ1n) is 7.17. The van der Waals surface area contributed by atoms with Crippen LogP contribution in [0.3, 0.4) is 0 Å². The van der Waals surface area contributed by atoms with E-state index >= 15 is 0 Å². The minimum Gasteiger partial charge on any atom is -0.368 e. The van der Waals surface area contributed by atoms with Crippen molar-refractivity contribution in [1.29, 1.82) is 0 Å². The second kappa shape index (κ2) is 8.61. The molecule has 0 unspecified atom stereocenters. The summed E-state index contributed by atoms with van der Waals surface area (Å²) in [5.41, 5.74) is 11.0. The van der Waals surface area contributed by atoms with Crippen LogP contribution in [0.4, 0.5) is 0 Å². The molecule has 7 heteroatoms. The number of carbonyl (C=O) groups excluding carboxylic acids is 3. The van der Waals surface area contributed by atoms with Gasteiger partial charge in [-0.1, -0.05) is 20.8 Å². The van der Waals surface area contributed by atoms with Gasteiger partial charge in [0.25, 0.3) is 0 Å². The predicted molar refractivity (Wildman–Crippen MR) is 81.1 cm³/mol. The van der Waals surface area contributed by atoms with Gasteiger partial charge >= 0.3 is 0 Å². The number of hydrogen-bond donors (Lipinski definition) is 2. The number of likely N-dealkylation sites (N-methyl/N-ethyl adjacent to an activating group) is 2. The molecule has 0 rings (SSSR count). The highest BCUT2D eigenvalue weighted by molar-refractivity contribution is 5.90. The molecule has 4 N–H and O–H groups in total. The molecule has 0 aliphatic heterocycles. The van der Waals surface area contributed by atoms with Gasteiger partial charge in [0.2, 0.25) is 17.7 Å². The van der Waals surface area contributed by atoms with E-state index in [1.54, 1.807) is 6.92 Å². The fourth-order valence-electron chi connectivity index (χ4n) is 1.94. The molecule has 0 aromatic carbocycles. The van der Waals surface area contributed by atoms with E-state index in [1.807, 2.05) is 13.8 Å². The first kappa shape index (κ1) is 19.4. The Morgan fingerprint density at radius 2 is 1.67 bits per heavy atom. The first-order chi connectivity index (χ1) is 9.61. The van der Waals surface area contributed by atoms with E-state index in [-0.39, 0.29) is 24.3 Å². The fraction of sp³-hybridized carbons (Fsp3) is 0.786. The van der Waals surface area contributed by atoms with Crippen LogP contribution >= 0.6 is 0 Å². The van der Waals surface area contributed by atoms with Gasteiger partial charge < -0.3 is 21.3 Å². The largest absolute Gasteiger partial charge is 0.368 e. The zero-order valence-electron chi connectivity index (χ0n) is 13.6. The standard InChI is InChI=1S/C14H28N4O3/c1-6-10(15)14(21)17(4)8-12(19)18(5)11(13(16)20)7-9(2)3/h9-11H,6-8,15H2,1-5H3,(H2,16,20)/t10-,11-/m1/s1. The molecule has 7 nitrogen and oxygen atoms in total. The van der Waals surface area contributed by atoms with Crippen molar-refractivity contribution in [2.24, 2.45) is 17.4 Å². The Morgan fingerprint density at radius 3 is 2.05 bits per heavy atom. The summed E-state index contributed by atoms with van der Waals surface area (Å²) in [5.74, 6) is -0.943. The van der Waals surface area contributed by atoms with Crippen LogP contribution in [0.15, 0.2) is 0 Å². The Balaban J connectivity index is 4.75. The van der Waals surface area contributed by atoms with Gasteiger partial charge in [0.15, 0.2) is 0 Å². The van der Waals surface area contributed by atoms with Gasteiger partial charge in [0.1, 0.15) is 6.04 Å². The molecule has 0 fully saturated rings. The minimum absolute atomic E-state index is 0.120. The van der Waals surface area contributed by atoms with Crippen molar-refractivity contribution in [3.63, 3.8) is 0 Å². The van der Waals surface area contributed by atoms with Gasteiger partial charge in [-0.3, -0.25) is 14.4 Å². The van der Waals surface area contributed by atoms with Gasteiger partial charge in [0.05, 0.1) is 12.6 Å². The maximum Gasteiger partial charge on any atom is 0.242 e. The van der Waals surface area contributed by atoms with Crippen LogP contribution in [0.2, 0.25) is 0 Å². The molecule has 0 radical (unpaired) electrons. The van der Waals surface area contributed by atoms with Gasteiger partial charge in [-0.2, -0.15) is 0 Å². The summed E-state index contributed by atoms with van der Waals surface area (Å²) >= 11 is 0.